The third kappa shape index (κ3) is 3.85. The molecule has 140 valence electrons. The molecule has 0 saturated carbocycles. The smallest absolute Gasteiger partial charge is 0.254 e. The Labute approximate surface area is 158 Å². The van der Waals surface area contributed by atoms with E-state index >= 15 is 0 Å². The van der Waals surface area contributed by atoms with Crippen molar-refractivity contribution in [1.82, 2.24) is 19.7 Å². The van der Waals surface area contributed by atoms with E-state index in [-0.39, 0.29) is 12.0 Å². The Kier molecular flexibility index (Phi) is 4.90. The van der Waals surface area contributed by atoms with Crippen LogP contribution in [0.2, 0.25) is 0 Å². The summed E-state index contributed by atoms with van der Waals surface area (Å²) >= 11 is 0. The number of pyridine rings is 1. The van der Waals surface area contributed by atoms with E-state index in [0.717, 1.165) is 34.1 Å². The summed E-state index contributed by atoms with van der Waals surface area (Å²) in [4.78, 5) is 19.9. The summed E-state index contributed by atoms with van der Waals surface area (Å²) in [5, 5.41) is 5.17. The van der Waals surface area contributed by atoms with Crippen molar-refractivity contribution in [2.45, 2.75) is 32.9 Å². The highest BCUT2D eigenvalue weighted by atomic mass is 16.5. The van der Waals surface area contributed by atoms with Gasteiger partial charge in [-0.1, -0.05) is 11.6 Å². The number of ether oxygens (including phenoxy) is 1. The zero-order valence-electron chi connectivity index (χ0n) is 15.8. The van der Waals surface area contributed by atoms with E-state index < -0.39 is 0 Å². The van der Waals surface area contributed by atoms with Gasteiger partial charge in [0.2, 0.25) is 0 Å². The molecule has 1 atom stereocenters. The monoisotopic (exact) mass is 364 g/mol. The summed E-state index contributed by atoms with van der Waals surface area (Å²) in [6.45, 7) is 6.53. The molecule has 0 N–H and O–H groups in total. The van der Waals surface area contributed by atoms with Crippen LogP contribution in [0.4, 0.5) is 0 Å². The number of nitrogens with zero attached hydrogens (tertiary/aromatic N) is 4. The summed E-state index contributed by atoms with van der Waals surface area (Å²) in [6, 6.07) is 9.86. The summed E-state index contributed by atoms with van der Waals surface area (Å²) in [6.07, 6.45) is 4.45. The largest absolute Gasteiger partial charge is 0.374 e. The van der Waals surface area contributed by atoms with Crippen LogP contribution in [0.5, 0.6) is 0 Å². The third-order valence-corrected chi connectivity index (χ3v) is 4.91. The summed E-state index contributed by atoms with van der Waals surface area (Å²) < 4.78 is 7.81. The van der Waals surface area contributed by atoms with Crippen LogP contribution in [0.15, 0.2) is 42.7 Å². The molecule has 1 aliphatic rings. The SMILES string of the molecule is Cc1ccc2nc(C)cc(C(=O)N3CCCO[C@H](Cn4cccn4)C3)c2c1. The lowest BCUT2D eigenvalue weighted by Crippen LogP contribution is -2.38. The van der Waals surface area contributed by atoms with Gasteiger partial charge in [-0.3, -0.25) is 14.5 Å². The van der Waals surface area contributed by atoms with Crippen LogP contribution in [0.3, 0.4) is 0 Å². The first kappa shape index (κ1) is 17.7. The molecule has 2 aromatic heterocycles. The first-order valence-electron chi connectivity index (χ1n) is 9.36. The maximum atomic E-state index is 13.4. The highest BCUT2D eigenvalue weighted by Crippen LogP contribution is 2.22. The number of rotatable bonds is 3. The van der Waals surface area contributed by atoms with Gasteiger partial charge in [-0.15, -0.1) is 0 Å². The Morgan fingerprint density at radius 1 is 1.30 bits per heavy atom. The molecule has 1 amide bonds. The van der Waals surface area contributed by atoms with Gasteiger partial charge >= 0.3 is 0 Å². The van der Waals surface area contributed by atoms with Crippen molar-refractivity contribution in [3.63, 3.8) is 0 Å². The van der Waals surface area contributed by atoms with Crippen LogP contribution in [0.1, 0.15) is 28.0 Å². The van der Waals surface area contributed by atoms with Gasteiger partial charge in [-0.05, 0) is 44.5 Å². The third-order valence-electron chi connectivity index (χ3n) is 4.91. The number of carbonyl (C=O) groups excluding carboxylic acids is 1. The lowest BCUT2D eigenvalue weighted by Gasteiger charge is -2.25. The minimum absolute atomic E-state index is 0.0482. The van der Waals surface area contributed by atoms with Gasteiger partial charge in [-0.2, -0.15) is 5.10 Å². The number of carbonyl (C=O) groups is 1. The molecule has 0 bridgehead atoms. The molecule has 6 heteroatoms. The van der Waals surface area contributed by atoms with E-state index in [2.05, 4.69) is 10.1 Å². The molecule has 3 heterocycles. The molecule has 4 rings (SSSR count). The molecular weight excluding hydrogens is 340 g/mol. The summed E-state index contributed by atoms with van der Waals surface area (Å²) in [7, 11) is 0. The van der Waals surface area contributed by atoms with Crippen molar-refractivity contribution in [3.05, 3.63) is 59.5 Å². The summed E-state index contributed by atoms with van der Waals surface area (Å²) in [5.74, 6) is 0.0482. The Balaban J connectivity index is 1.63. The highest BCUT2D eigenvalue weighted by Gasteiger charge is 2.25. The van der Waals surface area contributed by atoms with Crippen LogP contribution in [-0.4, -0.2) is 51.4 Å². The Hall–Kier alpha value is -2.73. The second-order valence-corrected chi connectivity index (χ2v) is 7.16. The van der Waals surface area contributed by atoms with Gasteiger partial charge in [0, 0.05) is 43.2 Å². The fourth-order valence-corrected chi connectivity index (χ4v) is 3.63. The van der Waals surface area contributed by atoms with Gasteiger partial charge in [0.15, 0.2) is 0 Å². The minimum Gasteiger partial charge on any atom is -0.374 e. The fraction of sp³-hybridized carbons (Fsp3) is 0.381. The predicted molar refractivity (Wildman–Crippen MR) is 104 cm³/mol. The van der Waals surface area contributed by atoms with Crippen molar-refractivity contribution >= 4 is 16.8 Å². The van der Waals surface area contributed by atoms with Crippen LogP contribution in [0.25, 0.3) is 10.9 Å². The van der Waals surface area contributed by atoms with Gasteiger partial charge in [-0.25, -0.2) is 0 Å². The van der Waals surface area contributed by atoms with Crippen molar-refractivity contribution in [2.75, 3.05) is 19.7 Å². The van der Waals surface area contributed by atoms with Crippen molar-refractivity contribution in [3.8, 4) is 0 Å². The van der Waals surface area contributed by atoms with Gasteiger partial charge < -0.3 is 9.64 Å². The molecule has 1 aliphatic heterocycles. The topological polar surface area (TPSA) is 60.3 Å². The van der Waals surface area contributed by atoms with Crippen molar-refractivity contribution in [1.29, 1.82) is 0 Å². The van der Waals surface area contributed by atoms with E-state index in [0.29, 0.717) is 26.2 Å². The van der Waals surface area contributed by atoms with Gasteiger partial charge in [0.05, 0.1) is 23.7 Å². The van der Waals surface area contributed by atoms with E-state index in [4.69, 9.17) is 4.74 Å². The van der Waals surface area contributed by atoms with Gasteiger partial charge in [0.1, 0.15) is 0 Å². The zero-order chi connectivity index (χ0) is 18.8. The lowest BCUT2D eigenvalue weighted by molar-refractivity contribution is 0.0368. The van der Waals surface area contributed by atoms with Crippen LogP contribution in [0, 0.1) is 13.8 Å². The number of aryl methyl sites for hydroxylation is 2. The number of amides is 1. The molecule has 0 spiro atoms. The fourth-order valence-electron chi connectivity index (χ4n) is 3.63. The maximum absolute atomic E-state index is 13.4. The second-order valence-electron chi connectivity index (χ2n) is 7.16. The van der Waals surface area contributed by atoms with Crippen molar-refractivity contribution in [2.24, 2.45) is 0 Å². The predicted octanol–water partition coefficient (Wildman–Crippen LogP) is 2.98. The minimum atomic E-state index is -0.0627. The number of hydrogen-bond donors (Lipinski definition) is 0. The highest BCUT2D eigenvalue weighted by molar-refractivity contribution is 6.06. The normalized spacial score (nSPS) is 17.9. The van der Waals surface area contributed by atoms with E-state index in [1.807, 2.05) is 60.0 Å². The van der Waals surface area contributed by atoms with E-state index in [1.54, 1.807) is 6.20 Å². The quantitative estimate of drug-likeness (QED) is 0.717. The average Bonchev–Trinajstić information content (AvgIpc) is 3.05. The van der Waals surface area contributed by atoms with Crippen LogP contribution >= 0.6 is 0 Å². The molecule has 3 aromatic rings. The molecule has 1 fully saturated rings. The molecule has 6 nitrogen and oxygen atoms in total. The Morgan fingerprint density at radius 3 is 3.00 bits per heavy atom. The number of hydrogen-bond acceptors (Lipinski definition) is 4. The molecule has 1 saturated heterocycles. The average molecular weight is 364 g/mol. The van der Waals surface area contributed by atoms with Crippen LogP contribution in [-0.2, 0) is 11.3 Å². The molecule has 0 radical (unpaired) electrons. The van der Waals surface area contributed by atoms with Gasteiger partial charge in [0.25, 0.3) is 5.91 Å². The maximum Gasteiger partial charge on any atom is 0.254 e. The summed E-state index contributed by atoms with van der Waals surface area (Å²) in [5.41, 5.74) is 3.57. The van der Waals surface area contributed by atoms with Crippen molar-refractivity contribution < 1.29 is 9.53 Å². The van der Waals surface area contributed by atoms with E-state index in [1.165, 1.54) is 0 Å². The Bertz CT molecular complexity index is 952. The standard InChI is InChI=1S/C21H24N4O2/c1-15-5-6-20-18(11-15)19(12-16(2)23-20)21(26)24-8-4-10-27-17(13-24)14-25-9-3-7-22-25/h3,5-7,9,11-12,17H,4,8,10,13-14H2,1-2H3/t17-/m0/s1. The molecule has 0 aliphatic carbocycles. The lowest BCUT2D eigenvalue weighted by atomic mass is 10.0. The van der Waals surface area contributed by atoms with Crippen LogP contribution < -0.4 is 0 Å². The number of benzene rings is 1. The molecule has 0 unspecified atom stereocenters. The second kappa shape index (κ2) is 7.48. The molecule has 27 heavy (non-hydrogen) atoms. The Morgan fingerprint density at radius 2 is 2.19 bits per heavy atom. The number of fused-ring (bicyclic) bond motifs is 1. The molecule has 1 aromatic carbocycles. The number of aromatic nitrogens is 3. The molecular formula is C21H24N4O2. The first-order chi connectivity index (χ1) is 13.1. The zero-order valence-corrected chi connectivity index (χ0v) is 15.8. The first-order valence-corrected chi connectivity index (χ1v) is 9.36. The van der Waals surface area contributed by atoms with E-state index in [9.17, 15) is 4.79 Å².